The van der Waals surface area contributed by atoms with Crippen LogP contribution >= 0.6 is 0 Å². The zero-order valence-electron chi connectivity index (χ0n) is 17.6. The van der Waals surface area contributed by atoms with Crippen LogP contribution in [-0.2, 0) is 25.7 Å². The molecule has 0 radical (unpaired) electrons. The highest BCUT2D eigenvalue weighted by molar-refractivity contribution is 6.23. The van der Waals surface area contributed by atoms with Gasteiger partial charge in [-0.1, -0.05) is 12.1 Å². The van der Waals surface area contributed by atoms with Crippen molar-refractivity contribution in [1.29, 1.82) is 0 Å². The van der Waals surface area contributed by atoms with Crippen LogP contribution in [0.1, 0.15) is 12.0 Å². The third-order valence-electron chi connectivity index (χ3n) is 4.99. The molecule has 3 amide bonds. The van der Waals surface area contributed by atoms with Gasteiger partial charge in [-0.3, -0.25) is 14.4 Å². The van der Waals surface area contributed by atoms with Gasteiger partial charge in [0, 0.05) is 18.7 Å². The fourth-order valence-electron chi connectivity index (χ4n) is 3.37. The summed E-state index contributed by atoms with van der Waals surface area (Å²) in [4.78, 5) is 51.7. The molecule has 1 aliphatic rings. The van der Waals surface area contributed by atoms with E-state index in [2.05, 4.69) is 0 Å². The number of ether oxygens (including phenoxy) is 2. The average molecular weight is 438 g/mol. The van der Waals surface area contributed by atoms with E-state index in [-0.39, 0.29) is 13.0 Å². The van der Waals surface area contributed by atoms with E-state index in [4.69, 9.17) is 14.6 Å². The summed E-state index contributed by atoms with van der Waals surface area (Å²) in [6.45, 7) is 0.00687. The van der Waals surface area contributed by atoms with E-state index in [1.165, 1.54) is 19.1 Å². The van der Waals surface area contributed by atoms with E-state index < -0.39 is 29.7 Å². The molecule has 32 heavy (non-hydrogen) atoms. The lowest BCUT2D eigenvalue weighted by molar-refractivity contribution is -0.135. The molecule has 1 saturated heterocycles. The molecule has 9 nitrogen and oxygen atoms in total. The first-order valence-electron chi connectivity index (χ1n) is 9.69. The summed E-state index contributed by atoms with van der Waals surface area (Å²) in [5.74, 6) is -1.82. The Labute approximate surface area is 184 Å². The van der Waals surface area contributed by atoms with Crippen molar-refractivity contribution in [2.24, 2.45) is 0 Å². The smallest absolute Gasteiger partial charge is 0.328 e. The lowest BCUT2D eigenvalue weighted by Gasteiger charge is -2.26. The fraction of sp³-hybridized carbons (Fsp3) is 0.217. The number of rotatable bonds is 8. The Morgan fingerprint density at radius 2 is 1.56 bits per heavy atom. The van der Waals surface area contributed by atoms with Gasteiger partial charge in [0.1, 0.15) is 17.5 Å². The first-order chi connectivity index (χ1) is 15.3. The standard InChI is InChI=1S/C23H22N2O7/c1-31-17-7-3-15(4-8-17)14-24(20(26)11-12-22(28)29)19-13-21(27)25(23(19)30)16-5-9-18(32-2)10-6-16/h3-12,19H,13-14H2,1-2H3,(H,28,29)/b12-11+. The molecule has 166 valence electrons. The molecule has 1 unspecified atom stereocenters. The van der Waals surface area contributed by atoms with Gasteiger partial charge < -0.3 is 19.5 Å². The van der Waals surface area contributed by atoms with E-state index in [1.807, 2.05) is 0 Å². The summed E-state index contributed by atoms with van der Waals surface area (Å²) in [6.07, 6.45) is 1.36. The summed E-state index contributed by atoms with van der Waals surface area (Å²) in [5, 5.41) is 8.87. The number of carboxylic acid groups (broad SMARTS) is 1. The number of hydrogen-bond acceptors (Lipinski definition) is 6. The fourth-order valence-corrected chi connectivity index (χ4v) is 3.37. The molecule has 2 aromatic rings. The average Bonchev–Trinajstić information content (AvgIpc) is 3.09. The quantitative estimate of drug-likeness (QED) is 0.495. The van der Waals surface area contributed by atoms with Crippen molar-refractivity contribution < 1.29 is 33.8 Å². The molecule has 1 fully saturated rings. The Bertz CT molecular complexity index is 1050. The topological polar surface area (TPSA) is 113 Å². The molecule has 0 aromatic heterocycles. The van der Waals surface area contributed by atoms with Gasteiger partial charge in [0.05, 0.1) is 26.3 Å². The molecular weight excluding hydrogens is 416 g/mol. The molecule has 0 saturated carbocycles. The number of benzene rings is 2. The maximum Gasteiger partial charge on any atom is 0.328 e. The maximum atomic E-state index is 13.2. The van der Waals surface area contributed by atoms with E-state index in [1.54, 1.807) is 48.5 Å². The summed E-state index contributed by atoms with van der Waals surface area (Å²) < 4.78 is 10.2. The monoisotopic (exact) mass is 438 g/mol. The van der Waals surface area contributed by atoms with Crippen LogP contribution in [0.5, 0.6) is 11.5 Å². The van der Waals surface area contributed by atoms with Crippen molar-refractivity contribution in [2.75, 3.05) is 19.1 Å². The second-order valence-corrected chi connectivity index (χ2v) is 6.97. The minimum atomic E-state index is -1.29. The number of carboxylic acids is 1. The summed E-state index contributed by atoms with van der Waals surface area (Å²) in [6, 6.07) is 12.2. The molecule has 0 bridgehead atoms. The van der Waals surface area contributed by atoms with E-state index in [0.717, 1.165) is 11.0 Å². The van der Waals surface area contributed by atoms with E-state index >= 15 is 0 Å². The maximum absolute atomic E-state index is 13.2. The predicted molar refractivity (Wildman–Crippen MR) is 114 cm³/mol. The minimum absolute atomic E-state index is 0.00687. The van der Waals surface area contributed by atoms with Gasteiger partial charge in [-0.05, 0) is 42.0 Å². The molecule has 1 heterocycles. The SMILES string of the molecule is COc1ccc(CN(C(=O)/C=C/C(=O)O)C2CC(=O)N(c3ccc(OC)cc3)C2=O)cc1. The number of aliphatic carboxylic acids is 1. The van der Waals surface area contributed by atoms with Crippen molar-refractivity contribution in [2.45, 2.75) is 19.0 Å². The van der Waals surface area contributed by atoms with Crippen molar-refractivity contribution >= 4 is 29.4 Å². The van der Waals surface area contributed by atoms with Gasteiger partial charge in [-0.2, -0.15) is 0 Å². The highest BCUT2D eigenvalue weighted by Crippen LogP contribution is 2.28. The van der Waals surface area contributed by atoms with Crippen LogP contribution in [0.3, 0.4) is 0 Å². The van der Waals surface area contributed by atoms with Crippen LogP contribution in [0.25, 0.3) is 0 Å². The third kappa shape index (κ3) is 4.94. The molecule has 1 N–H and O–H groups in total. The van der Waals surface area contributed by atoms with Gasteiger partial charge >= 0.3 is 5.97 Å². The zero-order valence-corrected chi connectivity index (χ0v) is 17.6. The van der Waals surface area contributed by atoms with Crippen LogP contribution in [-0.4, -0.2) is 54.0 Å². The van der Waals surface area contributed by atoms with Crippen LogP contribution in [0.4, 0.5) is 5.69 Å². The number of hydrogen-bond donors (Lipinski definition) is 1. The summed E-state index contributed by atoms with van der Waals surface area (Å²) >= 11 is 0. The van der Waals surface area contributed by atoms with Crippen molar-refractivity contribution in [3.63, 3.8) is 0 Å². The molecule has 9 heteroatoms. The molecular formula is C23H22N2O7. The highest BCUT2D eigenvalue weighted by Gasteiger charge is 2.44. The van der Waals surface area contributed by atoms with Crippen molar-refractivity contribution in [3.8, 4) is 11.5 Å². The number of nitrogens with zero attached hydrogens (tertiary/aromatic N) is 2. The second-order valence-electron chi connectivity index (χ2n) is 6.97. The van der Waals surface area contributed by atoms with Gasteiger partial charge in [0.15, 0.2) is 0 Å². The Balaban J connectivity index is 1.90. The van der Waals surface area contributed by atoms with Gasteiger partial charge in [-0.25, -0.2) is 9.69 Å². The van der Waals surface area contributed by atoms with Gasteiger partial charge in [-0.15, -0.1) is 0 Å². The predicted octanol–water partition coefficient (Wildman–Crippen LogP) is 2.01. The second kappa shape index (κ2) is 9.78. The Hall–Kier alpha value is -4.14. The lowest BCUT2D eigenvalue weighted by Crippen LogP contribution is -2.44. The number of methoxy groups -OCH3 is 2. The third-order valence-corrected chi connectivity index (χ3v) is 4.99. The number of imide groups is 1. The molecule has 1 aliphatic heterocycles. The first-order valence-corrected chi connectivity index (χ1v) is 9.69. The van der Waals surface area contributed by atoms with Crippen molar-refractivity contribution in [3.05, 3.63) is 66.2 Å². The number of carbonyl (C=O) groups is 4. The van der Waals surface area contributed by atoms with Gasteiger partial charge in [0.2, 0.25) is 11.8 Å². The largest absolute Gasteiger partial charge is 0.497 e. The number of anilines is 1. The first kappa shape index (κ1) is 22.5. The van der Waals surface area contributed by atoms with Crippen LogP contribution in [0.2, 0.25) is 0 Å². The number of carbonyl (C=O) groups excluding carboxylic acids is 3. The molecule has 1 atom stereocenters. The Kier molecular flexibility index (Phi) is 6.89. The molecule has 3 rings (SSSR count). The lowest BCUT2D eigenvalue weighted by atomic mass is 10.1. The Morgan fingerprint density at radius 1 is 1.00 bits per heavy atom. The van der Waals surface area contributed by atoms with E-state index in [9.17, 15) is 19.2 Å². The summed E-state index contributed by atoms with van der Waals surface area (Å²) in [7, 11) is 3.03. The molecule has 0 spiro atoms. The van der Waals surface area contributed by atoms with Gasteiger partial charge in [0.25, 0.3) is 5.91 Å². The number of amides is 3. The van der Waals surface area contributed by atoms with Crippen LogP contribution in [0, 0.1) is 0 Å². The zero-order chi connectivity index (χ0) is 23.3. The Morgan fingerprint density at radius 3 is 2.09 bits per heavy atom. The minimum Gasteiger partial charge on any atom is -0.497 e. The summed E-state index contributed by atoms with van der Waals surface area (Å²) in [5.41, 5.74) is 1.05. The van der Waals surface area contributed by atoms with Crippen LogP contribution in [0.15, 0.2) is 60.7 Å². The normalized spacial score (nSPS) is 15.8. The molecule has 2 aromatic carbocycles. The van der Waals surface area contributed by atoms with Crippen molar-refractivity contribution in [1.82, 2.24) is 4.90 Å². The highest BCUT2D eigenvalue weighted by atomic mass is 16.5. The molecule has 0 aliphatic carbocycles. The van der Waals surface area contributed by atoms with E-state index in [0.29, 0.717) is 28.8 Å². The van der Waals surface area contributed by atoms with Crippen LogP contribution < -0.4 is 14.4 Å².